The maximum atomic E-state index is 11.9. The zero-order chi connectivity index (χ0) is 14.2. The largest absolute Gasteiger partial charge is 0.378 e. The number of rotatable bonds is 6. The molecule has 110 valence electrons. The van der Waals surface area contributed by atoms with Crippen molar-refractivity contribution in [2.75, 3.05) is 37.7 Å². The number of aromatic nitrogens is 1. The predicted molar refractivity (Wildman–Crippen MR) is 79.1 cm³/mol. The fraction of sp³-hybridized carbons (Fsp3) is 0.600. The number of carbonyl (C=O) groups excluding carboxylic acids is 1. The molecule has 20 heavy (non-hydrogen) atoms. The lowest BCUT2D eigenvalue weighted by atomic mass is 10.2. The second-order valence-corrected chi connectivity index (χ2v) is 4.97. The van der Waals surface area contributed by atoms with Gasteiger partial charge in [-0.3, -0.25) is 4.79 Å². The molecule has 5 nitrogen and oxygen atoms in total. The fourth-order valence-corrected chi connectivity index (χ4v) is 2.18. The molecule has 0 aromatic carbocycles. The quantitative estimate of drug-likeness (QED) is 0.806. The Morgan fingerprint density at radius 1 is 1.35 bits per heavy atom. The number of unbranched alkanes of at least 4 members (excludes halogenated alkanes) is 2. The Balaban J connectivity index is 1.85. The van der Waals surface area contributed by atoms with Crippen molar-refractivity contribution in [1.82, 2.24) is 10.3 Å². The van der Waals surface area contributed by atoms with Gasteiger partial charge in [-0.1, -0.05) is 19.8 Å². The molecular weight excluding hydrogens is 254 g/mol. The molecule has 0 spiro atoms. The van der Waals surface area contributed by atoms with Crippen LogP contribution in [0.15, 0.2) is 18.3 Å². The number of hydrogen-bond donors (Lipinski definition) is 1. The molecule has 2 rings (SSSR count). The molecule has 1 saturated heterocycles. The summed E-state index contributed by atoms with van der Waals surface area (Å²) >= 11 is 0. The Morgan fingerprint density at radius 3 is 2.80 bits per heavy atom. The van der Waals surface area contributed by atoms with Crippen LogP contribution in [0.25, 0.3) is 0 Å². The second kappa shape index (κ2) is 7.85. The standard InChI is InChI=1S/C15H23N3O2/c1-2-3-4-7-16-15(19)13-5-6-14(17-12-13)18-8-10-20-11-9-18/h5-6,12H,2-4,7-11H2,1H3,(H,16,19). The average Bonchev–Trinajstić information content (AvgIpc) is 2.52. The summed E-state index contributed by atoms with van der Waals surface area (Å²) in [6.07, 6.45) is 4.99. The van der Waals surface area contributed by atoms with E-state index in [4.69, 9.17) is 4.74 Å². The molecule has 1 aromatic rings. The van der Waals surface area contributed by atoms with Crippen LogP contribution in [-0.4, -0.2) is 43.7 Å². The molecule has 0 unspecified atom stereocenters. The summed E-state index contributed by atoms with van der Waals surface area (Å²) in [6.45, 7) is 6.07. The molecule has 1 aliphatic rings. The third kappa shape index (κ3) is 4.20. The summed E-state index contributed by atoms with van der Waals surface area (Å²) in [6, 6.07) is 3.75. The summed E-state index contributed by atoms with van der Waals surface area (Å²) in [5, 5.41) is 2.92. The minimum atomic E-state index is -0.0397. The second-order valence-electron chi connectivity index (χ2n) is 4.97. The monoisotopic (exact) mass is 277 g/mol. The van der Waals surface area contributed by atoms with Gasteiger partial charge in [-0.15, -0.1) is 0 Å². The van der Waals surface area contributed by atoms with Gasteiger partial charge in [0.1, 0.15) is 5.82 Å². The molecule has 0 radical (unpaired) electrons. The normalized spacial score (nSPS) is 15.2. The predicted octanol–water partition coefficient (Wildman–Crippen LogP) is 1.84. The van der Waals surface area contributed by atoms with Crippen LogP contribution in [0.2, 0.25) is 0 Å². The van der Waals surface area contributed by atoms with Crippen molar-refractivity contribution in [2.45, 2.75) is 26.2 Å². The molecular formula is C15H23N3O2. The van der Waals surface area contributed by atoms with Gasteiger partial charge in [0.2, 0.25) is 0 Å². The van der Waals surface area contributed by atoms with E-state index in [9.17, 15) is 4.79 Å². The summed E-state index contributed by atoms with van der Waals surface area (Å²) in [7, 11) is 0. The Bertz CT molecular complexity index is 414. The zero-order valence-corrected chi connectivity index (χ0v) is 12.1. The maximum Gasteiger partial charge on any atom is 0.252 e. The molecule has 1 fully saturated rings. The maximum absolute atomic E-state index is 11.9. The van der Waals surface area contributed by atoms with Crippen LogP contribution < -0.4 is 10.2 Å². The number of nitrogens with zero attached hydrogens (tertiary/aromatic N) is 2. The van der Waals surface area contributed by atoms with E-state index in [1.807, 2.05) is 12.1 Å². The number of morpholine rings is 1. The van der Waals surface area contributed by atoms with Crippen molar-refractivity contribution in [2.24, 2.45) is 0 Å². The van der Waals surface area contributed by atoms with Gasteiger partial charge in [-0.25, -0.2) is 4.98 Å². The number of nitrogens with one attached hydrogen (secondary N) is 1. The number of pyridine rings is 1. The summed E-state index contributed by atoms with van der Waals surface area (Å²) < 4.78 is 5.31. The molecule has 2 heterocycles. The van der Waals surface area contributed by atoms with E-state index < -0.39 is 0 Å². The summed E-state index contributed by atoms with van der Waals surface area (Å²) in [5.74, 6) is 0.873. The first-order chi connectivity index (χ1) is 9.81. The van der Waals surface area contributed by atoms with E-state index >= 15 is 0 Å². The summed E-state index contributed by atoms with van der Waals surface area (Å²) in [4.78, 5) is 18.5. The van der Waals surface area contributed by atoms with Gasteiger partial charge in [0, 0.05) is 25.8 Å². The van der Waals surface area contributed by atoms with E-state index in [1.165, 1.54) is 0 Å². The fourth-order valence-electron chi connectivity index (χ4n) is 2.18. The minimum Gasteiger partial charge on any atom is -0.378 e. The summed E-state index contributed by atoms with van der Waals surface area (Å²) in [5.41, 5.74) is 0.624. The van der Waals surface area contributed by atoms with E-state index in [2.05, 4.69) is 22.1 Å². The van der Waals surface area contributed by atoms with Crippen molar-refractivity contribution in [3.63, 3.8) is 0 Å². The highest BCUT2D eigenvalue weighted by atomic mass is 16.5. The molecule has 1 N–H and O–H groups in total. The average molecular weight is 277 g/mol. The first kappa shape index (κ1) is 14.8. The van der Waals surface area contributed by atoms with Crippen LogP contribution in [0.1, 0.15) is 36.5 Å². The third-order valence-electron chi connectivity index (χ3n) is 3.41. The Kier molecular flexibility index (Phi) is 5.80. The van der Waals surface area contributed by atoms with Gasteiger partial charge in [0.05, 0.1) is 18.8 Å². The van der Waals surface area contributed by atoms with E-state index in [0.717, 1.165) is 57.9 Å². The van der Waals surface area contributed by atoms with Crippen LogP contribution >= 0.6 is 0 Å². The lowest BCUT2D eigenvalue weighted by molar-refractivity contribution is 0.0952. The molecule has 1 aliphatic heterocycles. The number of ether oxygens (including phenoxy) is 1. The van der Waals surface area contributed by atoms with Crippen molar-refractivity contribution in [1.29, 1.82) is 0 Å². The number of amides is 1. The number of carbonyl (C=O) groups is 1. The van der Waals surface area contributed by atoms with Crippen LogP contribution in [0.4, 0.5) is 5.82 Å². The molecule has 0 atom stereocenters. The van der Waals surface area contributed by atoms with Gasteiger partial charge >= 0.3 is 0 Å². The lowest BCUT2D eigenvalue weighted by Gasteiger charge is -2.27. The number of anilines is 1. The topological polar surface area (TPSA) is 54.5 Å². The van der Waals surface area contributed by atoms with Gasteiger partial charge in [0.15, 0.2) is 0 Å². The van der Waals surface area contributed by atoms with Crippen LogP contribution in [-0.2, 0) is 4.74 Å². The highest BCUT2D eigenvalue weighted by Crippen LogP contribution is 2.13. The highest BCUT2D eigenvalue weighted by molar-refractivity contribution is 5.94. The van der Waals surface area contributed by atoms with Crippen molar-refractivity contribution >= 4 is 11.7 Å². The van der Waals surface area contributed by atoms with E-state index in [1.54, 1.807) is 6.20 Å². The molecule has 0 saturated carbocycles. The van der Waals surface area contributed by atoms with Gasteiger partial charge < -0.3 is 15.0 Å². The third-order valence-corrected chi connectivity index (χ3v) is 3.41. The molecule has 5 heteroatoms. The first-order valence-corrected chi connectivity index (χ1v) is 7.38. The van der Waals surface area contributed by atoms with E-state index in [0.29, 0.717) is 5.56 Å². The smallest absolute Gasteiger partial charge is 0.252 e. The van der Waals surface area contributed by atoms with Crippen LogP contribution in [0.5, 0.6) is 0 Å². The first-order valence-electron chi connectivity index (χ1n) is 7.38. The van der Waals surface area contributed by atoms with Crippen LogP contribution in [0.3, 0.4) is 0 Å². The van der Waals surface area contributed by atoms with Crippen molar-refractivity contribution in [3.05, 3.63) is 23.9 Å². The molecule has 1 amide bonds. The van der Waals surface area contributed by atoms with Gasteiger partial charge in [-0.05, 0) is 18.6 Å². The Morgan fingerprint density at radius 2 is 2.15 bits per heavy atom. The molecule has 0 bridgehead atoms. The van der Waals surface area contributed by atoms with E-state index in [-0.39, 0.29) is 5.91 Å². The molecule has 0 aliphatic carbocycles. The highest BCUT2D eigenvalue weighted by Gasteiger charge is 2.13. The zero-order valence-electron chi connectivity index (χ0n) is 12.1. The van der Waals surface area contributed by atoms with Gasteiger partial charge in [0.25, 0.3) is 5.91 Å². The lowest BCUT2D eigenvalue weighted by Crippen LogP contribution is -2.36. The van der Waals surface area contributed by atoms with Crippen molar-refractivity contribution < 1.29 is 9.53 Å². The Hall–Kier alpha value is -1.62. The minimum absolute atomic E-state index is 0.0397. The SMILES string of the molecule is CCCCCNC(=O)c1ccc(N2CCOCC2)nc1. The molecule has 1 aromatic heterocycles. The van der Waals surface area contributed by atoms with Crippen LogP contribution in [0, 0.1) is 0 Å². The number of hydrogen-bond acceptors (Lipinski definition) is 4. The van der Waals surface area contributed by atoms with Gasteiger partial charge in [-0.2, -0.15) is 0 Å². The Labute approximate surface area is 120 Å². The van der Waals surface area contributed by atoms with Crippen molar-refractivity contribution in [3.8, 4) is 0 Å².